The number of carbonyl (C=O) groups is 4. The smallest absolute Gasteiger partial charge is 0.329 e. The number of methoxy groups -OCH3 is 2. The molecular formula is C27H42N2O6S2. The molecule has 10 heteroatoms. The van der Waals surface area contributed by atoms with E-state index in [2.05, 4.69) is 10.6 Å². The molecule has 1 aromatic carbocycles. The number of ether oxygens (including phenoxy) is 2. The van der Waals surface area contributed by atoms with Crippen LogP contribution in [0.15, 0.2) is 30.3 Å². The standard InChI is InChI=1S/C27H42N2O6S2/c1-26(2,3)15-22(30)28-20(24(32)34-7)16-36-37-17-21(25(33)35-8)29-23(31)19(27(4,5)6)14-18-12-10-9-11-13-18/h9-13,19-21H,14-17H2,1-8H3,(H,28,30)(H,29,31)/t19-,20?,21?/m0/s1. The Morgan fingerprint density at radius 1 is 0.811 bits per heavy atom. The van der Waals surface area contributed by atoms with Gasteiger partial charge in [-0.3, -0.25) is 9.59 Å². The van der Waals surface area contributed by atoms with Gasteiger partial charge in [-0.05, 0) is 22.8 Å². The highest BCUT2D eigenvalue weighted by Gasteiger charge is 2.34. The van der Waals surface area contributed by atoms with E-state index in [-0.39, 0.29) is 46.5 Å². The first-order valence-corrected chi connectivity index (χ1v) is 14.7. The summed E-state index contributed by atoms with van der Waals surface area (Å²) in [6.45, 7) is 11.8. The lowest BCUT2D eigenvalue weighted by Gasteiger charge is -2.31. The highest BCUT2D eigenvalue weighted by molar-refractivity contribution is 8.76. The molecule has 0 aliphatic heterocycles. The Morgan fingerprint density at radius 2 is 1.30 bits per heavy atom. The van der Waals surface area contributed by atoms with Crippen molar-refractivity contribution in [3.63, 3.8) is 0 Å². The van der Waals surface area contributed by atoms with E-state index in [0.717, 1.165) is 5.56 Å². The fourth-order valence-electron chi connectivity index (χ4n) is 3.50. The molecule has 0 aromatic heterocycles. The lowest BCUT2D eigenvalue weighted by atomic mass is 9.76. The molecule has 2 unspecified atom stereocenters. The van der Waals surface area contributed by atoms with Crippen molar-refractivity contribution < 1.29 is 28.7 Å². The average molecular weight is 555 g/mol. The molecule has 0 saturated heterocycles. The number of rotatable bonds is 13. The third-order valence-electron chi connectivity index (χ3n) is 5.51. The van der Waals surface area contributed by atoms with Crippen LogP contribution in [0.5, 0.6) is 0 Å². The molecular weight excluding hydrogens is 512 g/mol. The van der Waals surface area contributed by atoms with Crippen LogP contribution in [0.2, 0.25) is 0 Å². The Hall–Kier alpha value is -2.20. The van der Waals surface area contributed by atoms with Crippen molar-refractivity contribution in [1.82, 2.24) is 10.6 Å². The predicted octanol–water partition coefficient (Wildman–Crippen LogP) is 4.02. The van der Waals surface area contributed by atoms with Crippen molar-refractivity contribution in [2.24, 2.45) is 16.7 Å². The summed E-state index contributed by atoms with van der Waals surface area (Å²) >= 11 is 0. The first-order valence-electron chi connectivity index (χ1n) is 12.2. The van der Waals surface area contributed by atoms with Gasteiger partial charge >= 0.3 is 11.9 Å². The fourth-order valence-corrected chi connectivity index (χ4v) is 5.79. The van der Waals surface area contributed by atoms with Crippen LogP contribution in [-0.2, 0) is 35.1 Å². The molecule has 2 N–H and O–H groups in total. The molecule has 37 heavy (non-hydrogen) atoms. The summed E-state index contributed by atoms with van der Waals surface area (Å²) in [4.78, 5) is 50.2. The van der Waals surface area contributed by atoms with Crippen molar-refractivity contribution in [3.8, 4) is 0 Å². The van der Waals surface area contributed by atoms with Gasteiger partial charge in [0.25, 0.3) is 0 Å². The summed E-state index contributed by atoms with van der Waals surface area (Å²) in [5.41, 5.74) is 0.491. The zero-order chi connectivity index (χ0) is 28.2. The first kappa shape index (κ1) is 32.8. The zero-order valence-corrected chi connectivity index (χ0v) is 24.8. The summed E-state index contributed by atoms with van der Waals surface area (Å²) < 4.78 is 9.75. The van der Waals surface area contributed by atoms with Crippen LogP contribution in [0.1, 0.15) is 53.5 Å². The monoisotopic (exact) mass is 554 g/mol. The van der Waals surface area contributed by atoms with E-state index in [0.29, 0.717) is 6.42 Å². The van der Waals surface area contributed by atoms with Crippen molar-refractivity contribution in [2.75, 3.05) is 25.7 Å². The van der Waals surface area contributed by atoms with Crippen LogP contribution in [0.25, 0.3) is 0 Å². The van der Waals surface area contributed by atoms with Crippen molar-refractivity contribution >= 4 is 45.3 Å². The Balaban J connectivity index is 2.79. The van der Waals surface area contributed by atoms with E-state index in [1.807, 2.05) is 71.9 Å². The molecule has 0 radical (unpaired) electrons. The summed E-state index contributed by atoms with van der Waals surface area (Å²) in [5.74, 6) is -1.43. The second kappa shape index (κ2) is 15.3. The Morgan fingerprint density at radius 3 is 1.73 bits per heavy atom. The van der Waals surface area contributed by atoms with Crippen LogP contribution in [0, 0.1) is 16.7 Å². The highest BCUT2D eigenvalue weighted by atomic mass is 33.1. The summed E-state index contributed by atoms with van der Waals surface area (Å²) in [5, 5.41) is 5.59. The molecule has 3 atom stereocenters. The maximum Gasteiger partial charge on any atom is 0.329 e. The number of amides is 2. The van der Waals surface area contributed by atoms with E-state index in [1.54, 1.807) is 0 Å². The minimum atomic E-state index is -0.859. The first-order chi connectivity index (χ1) is 17.2. The molecule has 1 rings (SSSR count). The van der Waals surface area contributed by atoms with Crippen LogP contribution >= 0.6 is 21.6 Å². The number of carbonyl (C=O) groups excluding carboxylic acids is 4. The lowest BCUT2D eigenvalue weighted by Crippen LogP contribution is -2.48. The number of esters is 2. The van der Waals surface area contributed by atoms with Gasteiger partial charge in [-0.25, -0.2) is 9.59 Å². The molecule has 0 spiro atoms. The number of nitrogens with one attached hydrogen (secondary N) is 2. The number of hydrogen-bond acceptors (Lipinski definition) is 8. The third-order valence-corrected chi connectivity index (χ3v) is 7.93. The normalized spacial score (nSPS) is 14.2. The lowest BCUT2D eigenvalue weighted by molar-refractivity contribution is -0.145. The van der Waals surface area contributed by atoms with Gasteiger partial charge in [-0.1, -0.05) is 93.5 Å². The largest absolute Gasteiger partial charge is 0.467 e. The SMILES string of the molecule is COC(=O)C(CSSCC(NC(=O)[C@H](Cc1ccccc1)C(C)(C)C)C(=O)OC)NC(=O)CC(C)(C)C. The van der Waals surface area contributed by atoms with E-state index < -0.39 is 24.0 Å². The quantitative estimate of drug-likeness (QED) is 0.214. The van der Waals surface area contributed by atoms with Gasteiger partial charge in [0, 0.05) is 23.8 Å². The van der Waals surface area contributed by atoms with E-state index in [1.165, 1.54) is 35.8 Å². The van der Waals surface area contributed by atoms with Crippen LogP contribution in [0.3, 0.4) is 0 Å². The topological polar surface area (TPSA) is 111 Å². The predicted molar refractivity (Wildman–Crippen MR) is 150 cm³/mol. The van der Waals surface area contributed by atoms with Gasteiger partial charge in [0.15, 0.2) is 0 Å². The minimum absolute atomic E-state index is 0.218. The Labute approximate surface area is 229 Å². The van der Waals surface area contributed by atoms with Crippen molar-refractivity contribution in [3.05, 3.63) is 35.9 Å². The van der Waals surface area contributed by atoms with Gasteiger partial charge in [0.2, 0.25) is 11.8 Å². The molecule has 0 fully saturated rings. The van der Waals surface area contributed by atoms with Gasteiger partial charge in [0.1, 0.15) is 12.1 Å². The Bertz CT molecular complexity index is 896. The van der Waals surface area contributed by atoms with Gasteiger partial charge in [0.05, 0.1) is 14.2 Å². The van der Waals surface area contributed by atoms with Gasteiger partial charge < -0.3 is 20.1 Å². The summed E-state index contributed by atoms with van der Waals surface area (Å²) in [7, 11) is 5.17. The average Bonchev–Trinajstić information content (AvgIpc) is 2.81. The third kappa shape index (κ3) is 12.7. The highest BCUT2D eigenvalue weighted by Crippen LogP contribution is 2.30. The Kier molecular flexibility index (Phi) is 13.5. The minimum Gasteiger partial charge on any atom is -0.467 e. The molecule has 0 saturated carbocycles. The molecule has 0 heterocycles. The van der Waals surface area contributed by atoms with E-state index in [9.17, 15) is 19.2 Å². The summed E-state index contributed by atoms with van der Waals surface area (Å²) in [6, 6.07) is 8.08. The van der Waals surface area contributed by atoms with Crippen molar-refractivity contribution in [1.29, 1.82) is 0 Å². The summed E-state index contributed by atoms with van der Waals surface area (Å²) in [6.07, 6.45) is 0.813. The molecule has 8 nitrogen and oxygen atoms in total. The van der Waals surface area contributed by atoms with Gasteiger partial charge in [-0.2, -0.15) is 0 Å². The number of benzene rings is 1. The molecule has 0 aliphatic rings. The second-order valence-corrected chi connectivity index (χ2v) is 13.7. The van der Waals surface area contributed by atoms with Crippen molar-refractivity contribution in [2.45, 2.75) is 66.5 Å². The maximum absolute atomic E-state index is 13.3. The van der Waals surface area contributed by atoms with E-state index in [4.69, 9.17) is 9.47 Å². The number of hydrogen-bond donors (Lipinski definition) is 2. The van der Waals surface area contributed by atoms with Gasteiger partial charge in [-0.15, -0.1) is 0 Å². The van der Waals surface area contributed by atoms with Crippen LogP contribution < -0.4 is 10.6 Å². The second-order valence-electron chi connectivity index (χ2n) is 11.1. The zero-order valence-electron chi connectivity index (χ0n) is 23.2. The van der Waals surface area contributed by atoms with E-state index >= 15 is 0 Å². The molecule has 1 aromatic rings. The van der Waals surface area contributed by atoms with Crippen LogP contribution in [0.4, 0.5) is 0 Å². The molecule has 208 valence electrons. The maximum atomic E-state index is 13.3. The molecule has 0 bridgehead atoms. The molecule has 0 aliphatic carbocycles. The molecule has 2 amide bonds. The fraction of sp³-hybridized carbons (Fsp3) is 0.630. The van der Waals surface area contributed by atoms with Crippen LogP contribution in [-0.4, -0.2) is 61.6 Å².